The van der Waals surface area contributed by atoms with Crippen molar-refractivity contribution in [2.45, 2.75) is 31.7 Å². The Morgan fingerprint density at radius 3 is 2.64 bits per heavy atom. The summed E-state index contributed by atoms with van der Waals surface area (Å²) >= 11 is 3.49. The van der Waals surface area contributed by atoms with E-state index in [2.05, 4.69) is 71.2 Å². The van der Waals surface area contributed by atoms with Gasteiger partial charge in [0.1, 0.15) is 0 Å². The van der Waals surface area contributed by atoms with Gasteiger partial charge in [0.05, 0.1) is 5.54 Å². The molecule has 112 valence electrons. The van der Waals surface area contributed by atoms with Crippen LogP contribution in [0.4, 0.5) is 0 Å². The zero-order valence-electron chi connectivity index (χ0n) is 12.8. The number of allylic oxidation sites excluding steroid dienone is 1. The van der Waals surface area contributed by atoms with Gasteiger partial charge in [-0.25, -0.2) is 0 Å². The van der Waals surface area contributed by atoms with E-state index in [0.717, 1.165) is 16.6 Å². The number of nitrogens with zero attached hydrogens (tertiary/aromatic N) is 2. The first-order chi connectivity index (χ1) is 10.6. The van der Waals surface area contributed by atoms with E-state index < -0.39 is 0 Å². The largest absolute Gasteiger partial charge is 0.281 e. The number of hydrogen-bond acceptors (Lipinski definition) is 2. The van der Waals surface area contributed by atoms with E-state index in [1.165, 1.54) is 11.1 Å². The van der Waals surface area contributed by atoms with Crippen LogP contribution in [0, 0.1) is 6.92 Å². The molecule has 3 heteroatoms. The van der Waals surface area contributed by atoms with Crippen molar-refractivity contribution in [3.63, 3.8) is 0 Å². The molecule has 0 saturated heterocycles. The smallest absolute Gasteiger partial charge is 0.0912 e. The number of aryl methyl sites for hydroxylation is 1. The van der Waals surface area contributed by atoms with Gasteiger partial charge in [0, 0.05) is 34.9 Å². The van der Waals surface area contributed by atoms with Crippen LogP contribution in [0.2, 0.25) is 0 Å². The van der Waals surface area contributed by atoms with Crippen molar-refractivity contribution >= 4 is 22.1 Å². The molecule has 0 saturated carbocycles. The Hall–Kier alpha value is -1.74. The van der Waals surface area contributed by atoms with Crippen LogP contribution >= 0.6 is 15.9 Å². The van der Waals surface area contributed by atoms with Gasteiger partial charge in [-0.1, -0.05) is 43.3 Å². The van der Waals surface area contributed by atoms with E-state index in [4.69, 9.17) is 4.99 Å². The molecule has 0 spiro atoms. The van der Waals surface area contributed by atoms with Crippen LogP contribution in [0.3, 0.4) is 0 Å². The Labute approximate surface area is 140 Å². The highest BCUT2D eigenvalue weighted by molar-refractivity contribution is 9.10. The number of rotatable bonds is 4. The van der Waals surface area contributed by atoms with E-state index >= 15 is 0 Å². The SMILES string of the molecule is Cc1cc(Br)cnc1C(C)C1(Cc2ccccc2)C=CC=N1. The van der Waals surface area contributed by atoms with E-state index in [1.54, 1.807) is 0 Å². The summed E-state index contributed by atoms with van der Waals surface area (Å²) in [4.78, 5) is 9.47. The third kappa shape index (κ3) is 2.91. The van der Waals surface area contributed by atoms with Crippen molar-refractivity contribution in [2.75, 3.05) is 0 Å². The third-order valence-electron chi connectivity index (χ3n) is 4.36. The summed E-state index contributed by atoms with van der Waals surface area (Å²) in [6, 6.07) is 12.7. The second-order valence-electron chi connectivity index (χ2n) is 5.87. The minimum atomic E-state index is -0.243. The average Bonchev–Trinajstić information content (AvgIpc) is 2.97. The van der Waals surface area contributed by atoms with Crippen molar-refractivity contribution in [1.29, 1.82) is 0 Å². The molecule has 2 heterocycles. The van der Waals surface area contributed by atoms with Gasteiger partial charge in [-0.15, -0.1) is 0 Å². The number of pyridine rings is 1. The van der Waals surface area contributed by atoms with Crippen LogP contribution < -0.4 is 0 Å². The molecule has 1 aromatic carbocycles. The van der Waals surface area contributed by atoms with Crippen molar-refractivity contribution in [2.24, 2.45) is 4.99 Å². The molecular weight excluding hydrogens is 336 g/mol. The normalized spacial score (nSPS) is 21.2. The predicted octanol–water partition coefficient (Wildman–Crippen LogP) is 4.88. The van der Waals surface area contributed by atoms with Crippen LogP contribution in [0.5, 0.6) is 0 Å². The Balaban J connectivity index is 1.97. The monoisotopic (exact) mass is 354 g/mol. The van der Waals surface area contributed by atoms with Crippen molar-refractivity contribution in [1.82, 2.24) is 4.98 Å². The number of hydrogen-bond donors (Lipinski definition) is 0. The summed E-state index contributed by atoms with van der Waals surface area (Å²) in [5.74, 6) is 0.218. The van der Waals surface area contributed by atoms with E-state index in [0.29, 0.717) is 0 Å². The Morgan fingerprint density at radius 1 is 1.23 bits per heavy atom. The fraction of sp³-hybridized carbons (Fsp3) is 0.263. The van der Waals surface area contributed by atoms with Gasteiger partial charge in [0.15, 0.2) is 0 Å². The molecule has 0 amide bonds. The molecule has 2 unspecified atom stereocenters. The van der Waals surface area contributed by atoms with Crippen LogP contribution in [-0.2, 0) is 6.42 Å². The van der Waals surface area contributed by atoms with Gasteiger partial charge in [-0.05, 0) is 46.1 Å². The fourth-order valence-corrected chi connectivity index (χ4v) is 3.56. The lowest BCUT2D eigenvalue weighted by Crippen LogP contribution is -2.33. The number of aromatic nitrogens is 1. The molecule has 2 aromatic rings. The van der Waals surface area contributed by atoms with E-state index in [1.807, 2.05) is 24.6 Å². The van der Waals surface area contributed by atoms with Gasteiger partial charge in [-0.3, -0.25) is 9.98 Å². The average molecular weight is 355 g/mol. The molecule has 3 rings (SSSR count). The molecule has 0 radical (unpaired) electrons. The summed E-state index contributed by atoms with van der Waals surface area (Å²) in [6.07, 6.45) is 8.94. The lowest BCUT2D eigenvalue weighted by atomic mass is 9.78. The number of aliphatic imine (C=N–C) groups is 1. The molecule has 0 aliphatic carbocycles. The highest BCUT2D eigenvalue weighted by Crippen LogP contribution is 2.38. The summed E-state index contributed by atoms with van der Waals surface area (Å²) in [5, 5.41) is 0. The fourth-order valence-electron chi connectivity index (χ4n) is 3.11. The zero-order valence-corrected chi connectivity index (χ0v) is 14.4. The van der Waals surface area contributed by atoms with Crippen LogP contribution in [0.15, 0.2) is 64.2 Å². The third-order valence-corrected chi connectivity index (χ3v) is 4.79. The maximum absolute atomic E-state index is 4.81. The zero-order chi connectivity index (χ0) is 15.6. The highest BCUT2D eigenvalue weighted by Gasteiger charge is 2.37. The van der Waals surface area contributed by atoms with Gasteiger partial charge in [0.2, 0.25) is 0 Å². The molecular formula is C19H19BrN2. The quantitative estimate of drug-likeness (QED) is 0.768. The molecule has 1 aliphatic rings. The topological polar surface area (TPSA) is 25.2 Å². The standard InChI is InChI=1S/C19H19BrN2/c1-14-11-17(20)13-21-18(14)15(2)19(9-6-10-22-19)12-16-7-4-3-5-8-16/h3-11,13,15H,12H2,1-2H3. The Kier molecular flexibility index (Phi) is 4.25. The van der Waals surface area contributed by atoms with Crippen LogP contribution in [0.25, 0.3) is 0 Å². The summed E-state index contributed by atoms with van der Waals surface area (Å²) in [5.41, 5.74) is 3.37. The molecule has 1 aliphatic heterocycles. The number of halogens is 1. The second kappa shape index (κ2) is 6.17. The van der Waals surface area contributed by atoms with Crippen LogP contribution in [0.1, 0.15) is 29.7 Å². The maximum atomic E-state index is 4.81. The molecule has 0 bridgehead atoms. The lowest BCUT2D eigenvalue weighted by molar-refractivity contribution is 0.444. The first kappa shape index (κ1) is 15.2. The number of benzene rings is 1. The maximum Gasteiger partial charge on any atom is 0.0912 e. The lowest BCUT2D eigenvalue weighted by Gasteiger charge is -2.32. The first-order valence-corrected chi connectivity index (χ1v) is 8.29. The molecule has 0 N–H and O–H groups in total. The Morgan fingerprint density at radius 2 is 2.00 bits per heavy atom. The molecule has 1 aromatic heterocycles. The first-order valence-electron chi connectivity index (χ1n) is 7.50. The summed E-state index contributed by atoms with van der Waals surface area (Å²) in [6.45, 7) is 4.33. The van der Waals surface area contributed by atoms with Crippen LogP contribution in [-0.4, -0.2) is 16.7 Å². The van der Waals surface area contributed by atoms with Gasteiger partial charge in [0.25, 0.3) is 0 Å². The van der Waals surface area contributed by atoms with Crippen molar-refractivity contribution in [3.05, 3.63) is 76.0 Å². The van der Waals surface area contributed by atoms with Crippen molar-refractivity contribution < 1.29 is 0 Å². The summed E-state index contributed by atoms with van der Waals surface area (Å²) in [7, 11) is 0. The van der Waals surface area contributed by atoms with Gasteiger partial charge in [-0.2, -0.15) is 0 Å². The molecule has 2 atom stereocenters. The van der Waals surface area contributed by atoms with Gasteiger partial charge < -0.3 is 0 Å². The van der Waals surface area contributed by atoms with Crippen molar-refractivity contribution in [3.8, 4) is 0 Å². The predicted molar refractivity (Wildman–Crippen MR) is 95.6 cm³/mol. The minimum absolute atomic E-state index is 0.218. The Bertz CT molecular complexity index is 707. The molecule has 2 nitrogen and oxygen atoms in total. The minimum Gasteiger partial charge on any atom is -0.281 e. The highest BCUT2D eigenvalue weighted by atomic mass is 79.9. The molecule has 0 fully saturated rings. The second-order valence-corrected chi connectivity index (χ2v) is 6.78. The van der Waals surface area contributed by atoms with Gasteiger partial charge >= 0.3 is 0 Å². The molecule has 22 heavy (non-hydrogen) atoms. The summed E-state index contributed by atoms with van der Waals surface area (Å²) < 4.78 is 1.02. The van der Waals surface area contributed by atoms with E-state index in [-0.39, 0.29) is 11.5 Å². The van der Waals surface area contributed by atoms with E-state index in [9.17, 15) is 0 Å².